The van der Waals surface area contributed by atoms with Crippen molar-refractivity contribution in [2.24, 2.45) is 0 Å². The van der Waals surface area contributed by atoms with Crippen molar-refractivity contribution >= 4 is 11.3 Å². The summed E-state index contributed by atoms with van der Waals surface area (Å²) in [6.45, 7) is 6.24. The molecule has 0 radical (unpaired) electrons. The number of hydrogen-bond acceptors (Lipinski definition) is 4. The molecule has 0 amide bonds. The lowest BCUT2D eigenvalue weighted by atomic mass is 10.1. The average Bonchev–Trinajstić information content (AvgIpc) is 2.84. The van der Waals surface area contributed by atoms with Gasteiger partial charge >= 0.3 is 0 Å². The zero-order chi connectivity index (χ0) is 15.2. The number of benzene rings is 1. The van der Waals surface area contributed by atoms with E-state index in [2.05, 4.69) is 29.3 Å². The molecular weight excluding hydrogens is 282 g/mol. The number of aliphatic hydroxyl groups is 1. The molecular formula is C17H23NO2S. The molecule has 1 unspecified atom stereocenters. The molecule has 0 aliphatic heterocycles. The van der Waals surface area contributed by atoms with Crippen LogP contribution in [0.4, 0.5) is 0 Å². The van der Waals surface area contributed by atoms with Crippen molar-refractivity contribution in [1.29, 1.82) is 0 Å². The third kappa shape index (κ3) is 4.56. The number of aryl methyl sites for hydroxylation is 1. The maximum absolute atomic E-state index is 9.76. The number of thiophene rings is 1. The summed E-state index contributed by atoms with van der Waals surface area (Å²) >= 11 is 1.77. The van der Waals surface area contributed by atoms with E-state index in [0.717, 1.165) is 24.4 Å². The Morgan fingerprint density at radius 1 is 1.24 bits per heavy atom. The summed E-state index contributed by atoms with van der Waals surface area (Å²) in [5.41, 5.74) is 2.46. The van der Waals surface area contributed by atoms with Crippen molar-refractivity contribution in [3.63, 3.8) is 0 Å². The lowest BCUT2D eigenvalue weighted by molar-refractivity contribution is 0.118. The minimum atomic E-state index is -0.347. The molecule has 0 saturated carbocycles. The Labute approximate surface area is 130 Å². The maximum atomic E-state index is 9.76. The van der Waals surface area contributed by atoms with Crippen molar-refractivity contribution in [1.82, 2.24) is 4.90 Å². The van der Waals surface area contributed by atoms with Crippen LogP contribution < -0.4 is 4.74 Å². The van der Waals surface area contributed by atoms with Crippen LogP contribution in [-0.2, 0) is 13.1 Å². The van der Waals surface area contributed by atoms with Crippen LogP contribution in [0.15, 0.2) is 35.7 Å². The molecule has 1 aromatic carbocycles. The van der Waals surface area contributed by atoms with E-state index in [9.17, 15) is 5.11 Å². The van der Waals surface area contributed by atoms with E-state index in [0.29, 0.717) is 6.54 Å². The van der Waals surface area contributed by atoms with Gasteiger partial charge in [0.15, 0.2) is 0 Å². The Hall–Kier alpha value is -1.36. The molecule has 0 bridgehead atoms. The first-order valence-electron chi connectivity index (χ1n) is 7.15. The molecule has 0 aliphatic carbocycles. The van der Waals surface area contributed by atoms with Gasteiger partial charge in [0, 0.05) is 30.1 Å². The lowest BCUT2D eigenvalue weighted by Gasteiger charge is -2.24. The normalized spacial score (nSPS) is 12.6. The fourth-order valence-electron chi connectivity index (χ4n) is 2.40. The molecule has 1 aromatic heterocycles. The Morgan fingerprint density at radius 2 is 2.00 bits per heavy atom. The van der Waals surface area contributed by atoms with E-state index in [1.165, 1.54) is 10.4 Å². The first-order chi connectivity index (χ1) is 10.1. The van der Waals surface area contributed by atoms with Crippen molar-refractivity contribution in [3.05, 3.63) is 51.7 Å². The number of nitrogens with zero attached hydrogens (tertiary/aromatic N) is 1. The van der Waals surface area contributed by atoms with Gasteiger partial charge < -0.3 is 9.84 Å². The summed E-state index contributed by atoms with van der Waals surface area (Å²) in [5, 5.41) is 11.9. The minimum Gasteiger partial charge on any atom is -0.496 e. The number of hydrogen-bond donors (Lipinski definition) is 1. The lowest BCUT2D eigenvalue weighted by Crippen LogP contribution is -2.30. The quantitative estimate of drug-likeness (QED) is 0.850. The zero-order valence-electron chi connectivity index (χ0n) is 12.9. The monoisotopic (exact) mass is 305 g/mol. The van der Waals surface area contributed by atoms with Gasteiger partial charge in [-0.15, -0.1) is 11.3 Å². The highest BCUT2D eigenvalue weighted by atomic mass is 32.1. The topological polar surface area (TPSA) is 32.7 Å². The molecule has 0 saturated heterocycles. The Morgan fingerprint density at radius 3 is 2.62 bits per heavy atom. The molecule has 114 valence electrons. The molecule has 0 fully saturated rings. The van der Waals surface area contributed by atoms with Crippen LogP contribution in [0.25, 0.3) is 0 Å². The van der Waals surface area contributed by atoms with Gasteiger partial charge in [0.25, 0.3) is 0 Å². The van der Waals surface area contributed by atoms with Gasteiger partial charge in [0.1, 0.15) is 5.75 Å². The minimum absolute atomic E-state index is 0.347. The van der Waals surface area contributed by atoms with Gasteiger partial charge in [0.05, 0.1) is 13.2 Å². The fraction of sp³-hybridized carbons (Fsp3) is 0.412. The third-order valence-corrected chi connectivity index (χ3v) is 4.45. The predicted molar refractivity (Wildman–Crippen MR) is 87.8 cm³/mol. The van der Waals surface area contributed by atoms with Gasteiger partial charge in [0.2, 0.25) is 0 Å². The first-order valence-corrected chi connectivity index (χ1v) is 8.03. The molecule has 1 N–H and O–H groups in total. The van der Waals surface area contributed by atoms with Crippen molar-refractivity contribution in [2.45, 2.75) is 33.0 Å². The Kier molecular flexibility index (Phi) is 5.79. The third-order valence-electron chi connectivity index (χ3n) is 3.44. The smallest absolute Gasteiger partial charge is 0.123 e. The van der Waals surface area contributed by atoms with Crippen LogP contribution in [0.1, 0.15) is 22.9 Å². The Bertz CT molecular complexity index is 565. The largest absolute Gasteiger partial charge is 0.496 e. The standard InChI is InChI=1S/C17H23NO2S/c1-13-8-9-21-17(13)12-18(10-14(2)19)11-15-6-4-5-7-16(15)20-3/h4-9,14,19H,10-12H2,1-3H3. The number of rotatable bonds is 7. The molecule has 0 spiro atoms. The second kappa shape index (κ2) is 7.59. The van der Waals surface area contributed by atoms with Gasteiger partial charge in [-0.1, -0.05) is 18.2 Å². The van der Waals surface area contributed by atoms with Crippen LogP contribution in [0.5, 0.6) is 5.75 Å². The molecule has 1 atom stereocenters. The Balaban J connectivity index is 2.14. The van der Waals surface area contributed by atoms with E-state index in [-0.39, 0.29) is 6.10 Å². The number of ether oxygens (including phenoxy) is 1. The van der Waals surface area contributed by atoms with Gasteiger partial charge in [-0.2, -0.15) is 0 Å². The second-order valence-electron chi connectivity index (χ2n) is 5.36. The van der Waals surface area contributed by atoms with E-state index in [4.69, 9.17) is 4.74 Å². The molecule has 21 heavy (non-hydrogen) atoms. The molecule has 2 rings (SSSR count). The average molecular weight is 305 g/mol. The second-order valence-corrected chi connectivity index (χ2v) is 6.36. The number of methoxy groups -OCH3 is 1. The van der Waals surface area contributed by atoms with Gasteiger partial charge in [-0.25, -0.2) is 0 Å². The summed E-state index contributed by atoms with van der Waals surface area (Å²) in [4.78, 5) is 3.62. The summed E-state index contributed by atoms with van der Waals surface area (Å²) in [6.07, 6.45) is -0.347. The molecule has 4 heteroatoms. The van der Waals surface area contributed by atoms with Crippen LogP contribution in [0, 0.1) is 6.92 Å². The number of para-hydroxylation sites is 1. The summed E-state index contributed by atoms with van der Waals surface area (Å²) in [5.74, 6) is 0.899. The highest BCUT2D eigenvalue weighted by molar-refractivity contribution is 7.10. The molecule has 3 nitrogen and oxygen atoms in total. The van der Waals surface area contributed by atoms with Gasteiger partial charge in [-0.05, 0) is 36.9 Å². The van der Waals surface area contributed by atoms with Crippen LogP contribution in [-0.4, -0.2) is 29.8 Å². The fourth-order valence-corrected chi connectivity index (χ4v) is 3.35. The van der Waals surface area contributed by atoms with Crippen molar-refractivity contribution in [3.8, 4) is 5.75 Å². The summed E-state index contributed by atoms with van der Waals surface area (Å²) in [7, 11) is 1.70. The van der Waals surface area contributed by atoms with Crippen LogP contribution in [0.2, 0.25) is 0 Å². The highest BCUT2D eigenvalue weighted by Gasteiger charge is 2.14. The number of aliphatic hydroxyl groups excluding tert-OH is 1. The summed E-state index contributed by atoms with van der Waals surface area (Å²) < 4.78 is 5.42. The molecule has 1 heterocycles. The van der Waals surface area contributed by atoms with E-state index >= 15 is 0 Å². The SMILES string of the molecule is COc1ccccc1CN(Cc1sccc1C)CC(C)O. The van der Waals surface area contributed by atoms with Crippen LogP contribution >= 0.6 is 11.3 Å². The zero-order valence-corrected chi connectivity index (χ0v) is 13.7. The maximum Gasteiger partial charge on any atom is 0.123 e. The van der Waals surface area contributed by atoms with Crippen LogP contribution in [0.3, 0.4) is 0 Å². The first kappa shape index (κ1) is 16.0. The highest BCUT2D eigenvalue weighted by Crippen LogP contribution is 2.23. The summed E-state index contributed by atoms with van der Waals surface area (Å²) in [6, 6.07) is 10.2. The van der Waals surface area contributed by atoms with E-state index in [1.807, 2.05) is 25.1 Å². The molecule has 0 aliphatic rings. The van der Waals surface area contributed by atoms with Crippen molar-refractivity contribution in [2.75, 3.05) is 13.7 Å². The van der Waals surface area contributed by atoms with E-state index < -0.39 is 0 Å². The van der Waals surface area contributed by atoms with E-state index in [1.54, 1.807) is 18.4 Å². The van der Waals surface area contributed by atoms with Crippen molar-refractivity contribution < 1.29 is 9.84 Å². The predicted octanol–water partition coefficient (Wildman–Crippen LogP) is 3.45. The van der Waals surface area contributed by atoms with Gasteiger partial charge in [-0.3, -0.25) is 4.90 Å². The molecule has 2 aromatic rings.